The van der Waals surface area contributed by atoms with Gasteiger partial charge in [0, 0.05) is 9.34 Å². The molecule has 0 radical (unpaired) electrons. The van der Waals surface area contributed by atoms with Crippen molar-refractivity contribution >= 4 is 51.5 Å². The SMILES string of the molecule is Cc1ccc(C(=S)C=Cc2ccc(Br)cc2)cc1.Cl. The molecule has 3 heteroatoms. The second-order valence-electron chi connectivity index (χ2n) is 4.12. The van der Waals surface area contributed by atoms with E-state index in [1.54, 1.807) is 0 Å². The summed E-state index contributed by atoms with van der Waals surface area (Å²) in [5.41, 5.74) is 3.48. The molecule has 0 heterocycles. The third-order valence-electron chi connectivity index (χ3n) is 2.63. The summed E-state index contributed by atoms with van der Waals surface area (Å²) >= 11 is 8.81. The van der Waals surface area contributed by atoms with Crippen molar-refractivity contribution in [2.24, 2.45) is 0 Å². The maximum atomic E-state index is 5.39. The van der Waals surface area contributed by atoms with Crippen LogP contribution in [0.2, 0.25) is 0 Å². The number of benzene rings is 2. The van der Waals surface area contributed by atoms with Crippen molar-refractivity contribution < 1.29 is 0 Å². The van der Waals surface area contributed by atoms with Gasteiger partial charge in [-0.1, -0.05) is 76.2 Å². The molecule has 0 aromatic heterocycles. The molecule has 0 N–H and O–H groups in total. The van der Waals surface area contributed by atoms with Crippen molar-refractivity contribution in [1.82, 2.24) is 0 Å². The lowest BCUT2D eigenvalue weighted by Gasteiger charge is -1.99. The van der Waals surface area contributed by atoms with Crippen molar-refractivity contribution in [2.75, 3.05) is 0 Å². The Hall–Kier alpha value is -0.960. The Bertz CT molecular complexity index is 571. The van der Waals surface area contributed by atoms with Crippen LogP contribution in [-0.2, 0) is 0 Å². The van der Waals surface area contributed by atoms with Crippen molar-refractivity contribution in [3.63, 3.8) is 0 Å². The number of hydrogen-bond donors (Lipinski definition) is 0. The summed E-state index contributed by atoms with van der Waals surface area (Å²) in [5.74, 6) is 0. The average Bonchev–Trinajstić information content (AvgIpc) is 2.38. The van der Waals surface area contributed by atoms with Crippen LogP contribution in [0.3, 0.4) is 0 Å². The number of thiocarbonyl (C=S) groups is 1. The van der Waals surface area contributed by atoms with Crippen LogP contribution in [0, 0.1) is 6.92 Å². The lowest BCUT2D eigenvalue weighted by Crippen LogP contribution is -1.91. The molecule has 0 aliphatic heterocycles. The first kappa shape index (κ1) is 16.1. The van der Waals surface area contributed by atoms with E-state index in [2.05, 4.69) is 59.3 Å². The van der Waals surface area contributed by atoms with Gasteiger partial charge in [0.25, 0.3) is 0 Å². The van der Waals surface area contributed by atoms with E-state index in [1.807, 2.05) is 24.3 Å². The standard InChI is InChI=1S/C16H13BrS.ClH/c1-12-2-7-14(8-3-12)16(18)11-6-13-4-9-15(17)10-5-13;/h2-11H,1H3;1H. The van der Waals surface area contributed by atoms with Crippen LogP contribution in [0.5, 0.6) is 0 Å². The van der Waals surface area contributed by atoms with Crippen LogP contribution in [-0.4, -0.2) is 4.86 Å². The topological polar surface area (TPSA) is 0 Å². The van der Waals surface area contributed by atoms with Crippen molar-refractivity contribution in [2.45, 2.75) is 6.92 Å². The second kappa shape index (κ2) is 7.59. The van der Waals surface area contributed by atoms with E-state index >= 15 is 0 Å². The Morgan fingerprint density at radius 2 is 1.58 bits per heavy atom. The Labute approximate surface area is 134 Å². The lowest BCUT2D eigenvalue weighted by atomic mass is 10.1. The number of halogens is 2. The van der Waals surface area contributed by atoms with E-state index in [1.165, 1.54) is 5.56 Å². The summed E-state index contributed by atoms with van der Waals surface area (Å²) in [5, 5.41) is 0. The van der Waals surface area contributed by atoms with Crippen LogP contribution < -0.4 is 0 Å². The fraction of sp³-hybridized carbons (Fsp3) is 0.0625. The maximum absolute atomic E-state index is 5.39. The minimum Gasteiger partial charge on any atom is -0.147 e. The van der Waals surface area contributed by atoms with E-state index in [4.69, 9.17) is 12.2 Å². The van der Waals surface area contributed by atoms with Gasteiger partial charge in [-0.25, -0.2) is 0 Å². The molecule has 0 spiro atoms. The van der Waals surface area contributed by atoms with Gasteiger partial charge in [0.15, 0.2) is 0 Å². The summed E-state index contributed by atoms with van der Waals surface area (Å²) in [6.07, 6.45) is 4.01. The first-order valence-corrected chi connectivity index (χ1v) is 6.90. The summed E-state index contributed by atoms with van der Waals surface area (Å²) in [6, 6.07) is 16.4. The van der Waals surface area contributed by atoms with Crippen LogP contribution in [0.4, 0.5) is 0 Å². The van der Waals surface area contributed by atoms with Gasteiger partial charge in [-0.2, -0.15) is 0 Å². The van der Waals surface area contributed by atoms with Crippen molar-refractivity contribution in [3.8, 4) is 0 Å². The second-order valence-corrected chi connectivity index (χ2v) is 5.47. The van der Waals surface area contributed by atoms with Crippen LogP contribution >= 0.6 is 40.6 Å². The van der Waals surface area contributed by atoms with Crippen LogP contribution in [0.15, 0.2) is 59.1 Å². The quantitative estimate of drug-likeness (QED) is 0.392. The smallest absolute Gasteiger partial charge is 0.0449 e. The largest absolute Gasteiger partial charge is 0.147 e. The zero-order chi connectivity index (χ0) is 13.0. The molecule has 19 heavy (non-hydrogen) atoms. The predicted octanol–water partition coefficient (Wildman–Crippen LogP) is 5.61. The summed E-state index contributed by atoms with van der Waals surface area (Å²) in [6.45, 7) is 2.07. The predicted molar refractivity (Wildman–Crippen MR) is 93.3 cm³/mol. The van der Waals surface area contributed by atoms with Gasteiger partial charge in [0.1, 0.15) is 0 Å². The summed E-state index contributed by atoms with van der Waals surface area (Å²) < 4.78 is 1.08. The van der Waals surface area contributed by atoms with Crippen molar-refractivity contribution in [3.05, 3.63) is 75.8 Å². The third-order valence-corrected chi connectivity index (χ3v) is 3.53. The molecule has 0 amide bonds. The molecule has 0 aliphatic carbocycles. The Morgan fingerprint density at radius 1 is 1.00 bits per heavy atom. The van der Waals surface area contributed by atoms with Gasteiger partial charge in [-0.05, 0) is 36.3 Å². The third kappa shape index (κ3) is 4.90. The molecule has 0 unspecified atom stereocenters. The molecule has 0 saturated heterocycles. The summed E-state index contributed by atoms with van der Waals surface area (Å²) in [7, 11) is 0. The van der Waals surface area contributed by atoms with Gasteiger partial charge >= 0.3 is 0 Å². The molecule has 0 aliphatic rings. The van der Waals surface area contributed by atoms with Gasteiger partial charge in [0.05, 0.1) is 0 Å². The number of aryl methyl sites for hydroxylation is 1. The number of allylic oxidation sites excluding steroid dienone is 1. The average molecular weight is 354 g/mol. The van der Waals surface area contributed by atoms with E-state index in [-0.39, 0.29) is 12.4 Å². The number of rotatable bonds is 3. The van der Waals surface area contributed by atoms with Gasteiger partial charge in [-0.15, -0.1) is 12.4 Å². The van der Waals surface area contributed by atoms with Crippen molar-refractivity contribution in [1.29, 1.82) is 0 Å². The normalized spacial score (nSPS) is 10.2. The fourth-order valence-electron chi connectivity index (χ4n) is 1.56. The first-order chi connectivity index (χ1) is 8.65. The minimum atomic E-state index is 0. The molecule has 2 aromatic carbocycles. The zero-order valence-electron chi connectivity index (χ0n) is 10.5. The molecule has 98 valence electrons. The molecule has 0 fully saturated rings. The maximum Gasteiger partial charge on any atom is 0.0449 e. The monoisotopic (exact) mass is 352 g/mol. The zero-order valence-corrected chi connectivity index (χ0v) is 13.7. The highest BCUT2D eigenvalue weighted by atomic mass is 79.9. The van der Waals surface area contributed by atoms with Crippen LogP contribution in [0.25, 0.3) is 6.08 Å². The molecule has 0 bridgehead atoms. The van der Waals surface area contributed by atoms with Gasteiger partial charge < -0.3 is 0 Å². The lowest BCUT2D eigenvalue weighted by molar-refractivity contribution is 1.47. The molecule has 2 aromatic rings. The van der Waals surface area contributed by atoms with Gasteiger partial charge in [0.2, 0.25) is 0 Å². The summed E-state index contributed by atoms with van der Waals surface area (Å²) in [4.78, 5) is 0.859. The molecule has 2 rings (SSSR count). The molecular weight excluding hydrogens is 340 g/mol. The molecular formula is C16H14BrClS. The Balaban J connectivity index is 0.00000180. The van der Waals surface area contributed by atoms with Crippen LogP contribution in [0.1, 0.15) is 16.7 Å². The Kier molecular flexibility index (Phi) is 6.43. The van der Waals surface area contributed by atoms with E-state index in [0.29, 0.717) is 0 Å². The van der Waals surface area contributed by atoms with Gasteiger partial charge in [-0.3, -0.25) is 0 Å². The number of hydrogen-bond acceptors (Lipinski definition) is 1. The minimum absolute atomic E-state index is 0. The highest BCUT2D eigenvalue weighted by Crippen LogP contribution is 2.12. The molecule has 0 nitrogen and oxygen atoms in total. The first-order valence-electron chi connectivity index (χ1n) is 5.70. The van der Waals surface area contributed by atoms with E-state index in [9.17, 15) is 0 Å². The highest BCUT2D eigenvalue weighted by Gasteiger charge is 1.96. The van der Waals surface area contributed by atoms with E-state index < -0.39 is 0 Å². The molecule has 0 saturated carbocycles. The molecule has 0 atom stereocenters. The highest BCUT2D eigenvalue weighted by molar-refractivity contribution is 9.10. The van der Waals surface area contributed by atoms with E-state index in [0.717, 1.165) is 20.5 Å². The Morgan fingerprint density at radius 3 is 2.16 bits per heavy atom. The fourth-order valence-corrected chi connectivity index (χ4v) is 2.03.